The van der Waals surface area contributed by atoms with E-state index in [9.17, 15) is 0 Å². The monoisotopic (exact) mass is 302 g/mol. The van der Waals surface area contributed by atoms with E-state index in [2.05, 4.69) is 4.98 Å². The molecular formula is C16H18N2O2S. The number of nitrogens with two attached hydrogens (primary N) is 1. The number of aryl methyl sites for hydroxylation is 1. The topological polar surface area (TPSA) is 57.4 Å². The zero-order chi connectivity index (χ0) is 15.2. The molecule has 0 saturated carbocycles. The third kappa shape index (κ3) is 4.24. The summed E-state index contributed by atoms with van der Waals surface area (Å²) < 4.78 is 10.9. The van der Waals surface area contributed by atoms with E-state index < -0.39 is 0 Å². The quantitative estimate of drug-likeness (QED) is 0.831. The molecule has 2 aromatic rings. The Morgan fingerprint density at radius 3 is 2.52 bits per heavy atom. The molecule has 0 amide bonds. The summed E-state index contributed by atoms with van der Waals surface area (Å²) in [7, 11) is 1.69. The van der Waals surface area contributed by atoms with Crippen molar-refractivity contribution >= 4 is 17.2 Å². The third-order valence-corrected chi connectivity index (χ3v) is 3.22. The maximum Gasteiger partial charge on any atom is 0.229 e. The summed E-state index contributed by atoms with van der Waals surface area (Å²) in [5.41, 5.74) is 8.37. The van der Waals surface area contributed by atoms with E-state index in [0.29, 0.717) is 23.8 Å². The van der Waals surface area contributed by atoms with Crippen LogP contribution < -0.4 is 10.5 Å². The summed E-state index contributed by atoms with van der Waals surface area (Å²) >= 11 is 5.02. The molecule has 1 aromatic carbocycles. The molecule has 0 atom stereocenters. The molecule has 0 fully saturated rings. The van der Waals surface area contributed by atoms with Crippen LogP contribution in [0, 0.1) is 6.92 Å². The summed E-state index contributed by atoms with van der Waals surface area (Å²) in [5, 5.41) is 0. The van der Waals surface area contributed by atoms with E-state index >= 15 is 0 Å². The van der Waals surface area contributed by atoms with Crippen molar-refractivity contribution in [1.82, 2.24) is 4.98 Å². The van der Waals surface area contributed by atoms with Gasteiger partial charge in [0.2, 0.25) is 5.88 Å². The Kier molecular flexibility index (Phi) is 5.25. The maximum absolute atomic E-state index is 5.80. The van der Waals surface area contributed by atoms with Crippen LogP contribution in [0.15, 0.2) is 36.4 Å². The predicted octanol–water partition coefficient (Wildman–Crippen LogP) is 3.01. The number of hydrogen-bond donors (Lipinski definition) is 1. The van der Waals surface area contributed by atoms with Gasteiger partial charge in [0.15, 0.2) is 0 Å². The minimum atomic E-state index is 0.272. The Balaban J connectivity index is 2.18. The summed E-state index contributed by atoms with van der Waals surface area (Å²) in [6, 6.07) is 11.5. The highest BCUT2D eigenvalue weighted by atomic mass is 32.1. The summed E-state index contributed by atoms with van der Waals surface area (Å²) in [4.78, 5) is 4.62. The van der Waals surface area contributed by atoms with E-state index in [-0.39, 0.29) is 4.99 Å². The average Bonchev–Trinajstić information content (AvgIpc) is 2.46. The molecule has 21 heavy (non-hydrogen) atoms. The van der Waals surface area contributed by atoms with Crippen molar-refractivity contribution in [3.63, 3.8) is 0 Å². The molecule has 0 bridgehead atoms. The number of hydrogen-bond acceptors (Lipinski definition) is 4. The Bertz CT molecular complexity index is 627. The van der Waals surface area contributed by atoms with Crippen LogP contribution in [0.5, 0.6) is 11.6 Å². The molecule has 0 aliphatic rings. The number of ether oxygens (including phenoxy) is 2. The van der Waals surface area contributed by atoms with Gasteiger partial charge in [-0.1, -0.05) is 24.4 Å². The Morgan fingerprint density at radius 2 is 1.90 bits per heavy atom. The zero-order valence-electron chi connectivity index (χ0n) is 12.1. The first-order valence-corrected chi connectivity index (χ1v) is 7.04. The number of thiocarbonyl (C=S) groups is 1. The number of rotatable bonds is 6. The van der Waals surface area contributed by atoms with Crippen LogP contribution in [0.1, 0.15) is 16.8 Å². The Hall–Kier alpha value is -1.98. The van der Waals surface area contributed by atoms with E-state index in [1.165, 1.54) is 5.56 Å². The molecule has 0 aliphatic heterocycles. The van der Waals surface area contributed by atoms with Gasteiger partial charge in [-0.2, -0.15) is 0 Å². The van der Waals surface area contributed by atoms with Gasteiger partial charge >= 0.3 is 0 Å². The fraction of sp³-hybridized carbons (Fsp3) is 0.250. The molecule has 2 rings (SSSR count). The first kappa shape index (κ1) is 15.4. The highest BCUT2D eigenvalue weighted by Crippen LogP contribution is 2.24. The molecular weight excluding hydrogens is 284 g/mol. The van der Waals surface area contributed by atoms with Gasteiger partial charge in [0, 0.05) is 12.8 Å². The number of nitrogens with zero attached hydrogens (tertiary/aromatic N) is 1. The molecule has 0 saturated heterocycles. The highest BCUT2D eigenvalue weighted by molar-refractivity contribution is 7.80. The van der Waals surface area contributed by atoms with E-state index in [0.717, 1.165) is 12.1 Å². The fourth-order valence-electron chi connectivity index (χ4n) is 1.85. The van der Waals surface area contributed by atoms with Gasteiger partial charge in [0.05, 0.1) is 12.2 Å². The Morgan fingerprint density at radius 1 is 1.19 bits per heavy atom. The van der Waals surface area contributed by atoms with Gasteiger partial charge in [0.25, 0.3) is 0 Å². The lowest BCUT2D eigenvalue weighted by Crippen LogP contribution is -2.12. The molecule has 1 heterocycles. The molecule has 2 N–H and O–H groups in total. The smallest absolute Gasteiger partial charge is 0.229 e. The van der Waals surface area contributed by atoms with Crippen molar-refractivity contribution in [3.05, 3.63) is 53.2 Å². The molecule has 0 spiro atoms. The van der Waals surface area contributed by atoms with Gasteiger partial charge in [-0.25, -0.2) is 4.98 Å². The van der Waals surface area contributed by atoms with Crippen molar-refractivity contribution in [3.8, 4) is 11.6 Å². The van der Waals surface area contributed by atoms with E-state index in [1.807, 2.05) is 43.3 Å². The third-order valence-electron chi connectivity index (χ3n) is 3.00. The zero-order valence-corrected chi connectivity index (χ0v) is 12.9. The van der Waals surface area contributed by atoms with Gasteiger partial charge in [-0.3, -0.25) is 0 Å². The molecule has 110 valence electrons. The molecule has 0 unspecified atom stereocenters. The number of aromatic nitrogens is 1. The molecule has 0 radical (unpaired) electrons. The lowest BCUT2D eigenvalue weighted by Gasteiger charge is -2.10. The second-order valence-electron chi connectivity index (χ2n) is 4.66. The SMILES string of the molecule is COCCc1ccc(Oc2nc(C)ccc2C(N)=S)cc1. The van der Waals surface area contributed by atoms with Crippen LogP contribution in [-0.2, 0) is 11.2 Å². The first-order chi connectivity index (χ1) is 10.1. The van der Waals surface area contributed by atoms with E-state index in [4.69, 9.17) is 27.4 Å². The van der Waals surface area contributed by atoms with Crippen LogP contribution >= 0.6 is 12.2 Å². The minimum Gasteiger partial charge on any atom is -0.438 e. The fourth-order valence-corrected chi connectivity index (χ4v) is 2.01. The molecule has 4 nitrogen and oxygen atoms in total. The second-order valence-corrected chi connectivity index (χ2v) is 5.10. The van der Waals surface area contributed by atoms with Gasteiger partial charge in [-0.15, -0.1) is 0 Å². The number of methoxy groups -OCH3 is 1. The van der Waals surface area contributed by atoms with Crippen LogP contribution in [-0.4, -0.2) is 23.7 Å². The van der Waals surface area contributed by atoms with Crippen LogP contribution in [0.4, 0.5) is 0 Å². The maximum atomic E-state index is 5.80. The normalized spacial score (nSPS) is 10.4. The van der Waals surface area contributed by atoms with Crippen LogP contribution in [0.3, 0.4) is 0 Å². The summed E-state index contributed by atoms with van der Waals surface area (Å²) in [5.74, 6) is 1.14. The molecule has 0 aliphatic carbocycles. The van der Waals surface area contributed by atoms with Crippen molar-refractivity contribution in [2.45, 2.75) is 13.3 Å². The summed E-state index contributed by atoms with van der Waals surface area (Å²) in [6.45, 7) is 2.59. The second kappa shape index (κ2) is 7.15. The molecule has 5 heteroatoms. The Labute approximate surface area is 129 Å². The van der Waals surface area contributed by atoms with Crippen molar-refractivity contribution < 1.29 is 9.47 Å². The average molecular weight is 302 g/mol. The van der Waals surface area contributed by atoms with Gasteiger partial charge in [0.1, 0.15) is 10.7 Å². The van der Waals surface area contributed by atoms with Crippen LogP contribution in [0.25, 0.3) is 0 Å². The van der Waals surface area contributed by atoms with Gasteiger partial charge in [-0.05, 0) is 43.2 Å². The standard InChI is InChI=1S/C16H18N2O2S/c1-11-3-8-14(15(17)21)16(18-11)20-13-6-4-12(5-7-13)9-10-19-2/h3-8H,9-10H2,1-2H3,(H2,17,21). The largest absolute Gasteiger partial charge is 0.438 e. The first-order valence-electron chi connectivity index (χ1n) is 6.63. The molecule has 1 aromatic heterocycles. The van der Waals surface area contributed by atoms with Crippen molar-refractivity contribution in [1.29, 1.82) is 0 Å². The minimum absolute atomic E-state index is 0.272. The lowest BCUT2D eigenvalue weighted by molar-refractivity contribution is 0.202. The van der Waals surface area contributed by atoms with Gasteiger partial charge < -0.3 is 15.2 Å². The van der Waals surface area contributed by atoms with Crippen LogP contribution in [0.2, 0.25) is 0 Å². The lowest BCUT2D eigenvalue weighted by atomic mass is 10.1. The summed E-state index contributed by atoms with van der Waals surface area (Å²) in [6.07, 6.45) is 0.873. The highest BCUT2D eigenvalue weighted by Gasteiger charge is 2.09. The van der Waals surface area contributed by atoms with Crippen molar-refractivity contribution in [2.75, 3.05) is 13.7 Å². The van der Waals surface area contributed by atoms with E-state index in [1.54, 1.807) is 7.11 Å². The predicted molar refractivity (Wildman–Crippen MR) is 87.0 cm³/mol. The van der Waals surface area contributed by atoms with Crippen molar-refractivity contribution in [2.24, 2.45) is 5.73 Å². The number of pyridine rings is 1. The number of benzene rings is 1.